The minimum Gasteiger partial charge on any atom is -0.465 e. The number of thioether (sulfide) groups is 1. The van der Waals surface area contributed by atoms with Gasteiger partial charge in [0.05, 0.1) is 11.9 Å². The van der Waals surface area contributed by atoms with E-state index in [4.69, 9.17) is 15.2 Å². The van der Waals surface area contributed by atoms with Crippen LogP contribution in [0.4, 0.5) is 13.6 Å². The predicted octanol–water partition coefficient (Wildman–Crippen LogP) is 3.08. The molecule has 2 amide bonds. The number of nitrogens with two attached hydrogens (primary N) is 1. The van der Waals surface area contributed by atoms with Crippen molar-refractivity contribution in [3.05, 3.63) is 59.2 Å². The van der Waals surface area contributed by atoms with Crippen molar-refractivity contribution in [2.45, 2.75) is 31.1 Å². The van der Waals surface area contributed by atoms with Gasteiger partial charge in [-0.05, 0) is 37.5 Å². The van der Waals surface area contributed by atoms with E-state index in [-0.39, 0.29) is 30.8 Å². The van der Waals surface area contributed by atoms with Gasteiger partial charge in [-0.3, -0.25) is 19.7 Å². The van der Waals surface area contributed by atoms with Crippen molar-refractivity contribution in [1.82, 2.24) is 5.32 Å². The first-order valence-corrected chi connectivity index (χ1v) is 10.3. The van der Waals surface area contributed by atoms with Gasteiger partial charge in [0, 0.05) is 17.7 Å². The summed E-state index contributed by atoms with van der Waals surface area (Å²) in [7, 11) is 0. The van der Waals surface area contributed by atoms with Gasteiger partial charge in [0.25, 0.3) is 5.24 Å². The number of ether oxygens (including phenoxy) is 2. The van der Waals surface area contributed by atoms with Gasteiger partial charge in [0.1, 0.15) is 29.2 Å². The molecule has 2 unspecified atom stereocenters. The second-order valence-corrected chi connectivity index (χ2v) is 7.94. The van der Waals surface area contributed by atoms with E-state index in [1.807, 2.05) is 0 Å². The van der Waals surface area contributed by atoms with Gasteiger partial charge in [-0.2, -0.15) is 0 Å². The maximum atomic E-state index is 14.4. The Hall–Kier alpha value is -2.98. The minimum absolute atomic E-state index is 0.0608. The Balaban J connectivity index is 1.65. The van der Waals surface area contributed by atoms with E-state index in [1.165, 1.54) is 0 Å². The highest BCUT2D eigenvalue weighted by atomic mass is 32.2. The Morgan fingerprint density at radius 1 is 1.16 bits per heavy atom. The number of carbonyl (C=O) groups is 3. The molecule has 0 radical (unpaired) electrons. The van der Waals surface area contributed by atoms with Gasteiger partial charge < -0.3 is 15.2 Å². The molecule has 0 aliphatic carbocycles. The molecule has 2 aromatic carbocycles. The predicted molar refractivity (Wildman–Crippen MR) is 110 cm³/mol. The molecule has 1 aliphatic rings. The third kappa shape index (κ3) is 5.80. The van der Waals surface area contributed by atoms with E-state index in [0.717, 1.165) is 17.7 Å². The van der Waals surface area contributed by atoms with Crippen LogP contribution in [0.1, 0.15) is 18.1 Å². The molecule has 10 heteroatoms. The molecule has 3 rings (SSSR count). The number of benzene rings is 2. The fourth-order valence-electron chi connectivity index (χ4n) is 2.96. The van der Waals surface area contributed by atoms with Crippen molar-refractivity contribution in [2.24, 2.45) is 5.73 Å². The van der Waals surface area contributed by atoms with Crippen LogP contribution in [0, 0.1) is 11.6 Å². The fourth-order valence-corrected chi connectivity index (χ4v) is 3.80. The number of carbonyl (C=O) groups excluding carboxylic acids is 3. The van der Waals surface area contributed by atoms with Crippen molar-refractivity contribution in [2.75, 3.05) is 6.61 Å². The Kier molecular flexibility index (Phi) is 7.24. The van der Waals surface area contributed by atoms with Gasteiger partial charge in [0.15, 0.2) is 0 Å². The summed E-state index contributed by atoms with van der Waals surface area (Å²) in [5.74, 6) is -2.55. The number of amides is 2. The molecule has 0 aromatic heterocycles. The quantitative estimate of drug-likeness (QED) is 0.595. The van der Waals surface area contributed by atoms with Crippen LogP contribution < -0.4 is 15.8 Å². The molecule has 1 saturated heterocycles. The molecule has 7 nitrogen and oxygen atoms in total. The van der Waals surface area contributed by atoms with Crippen molar-refractivity contribution in [1.29, 1.82) is 0 Å². The van der Waals surface area contributed by atoms with Crippen LogP contribution in [0.25, 0.3) is 0 Å². The first kappa shape index (κ1) is 22.7. The summed E-state index contributed by atoms with van der Waals surface area (Å²) in [5, 5.41) is 0.663. The van der Waals surface area contributed by atoms with Gasteiger partial charge in [0.2, 0.25) is 5.91 Å². The number of nitrogens with one attached hydrogen (secondary N) is 1. The van der Waals surface area contributed by atoms with Crippen molar-refractivity contribution in [3.63, 3.8) is 0 Å². The monoisotopic (exact) mass is 450 g/mol. The summed E-state index contributed by atoms with van der Waals surface area (Å²) in [6, 6.07) is 7.78. The summed E-state index contributed by atoms with van der Waals surface area (Å²) in [6.07, 6.45) is 0.0158. The summed E-state index contributed by atoms with van der Waals surface area (Å²) in [6.45, 7) is 1.94. The molecular weight excluding hydrogens is 430 g/mol. The Morgan fingerprint density at radius 3 is 2.35 bits per heavy atom. The second kappa shape index (κ2) is 9.88. The minimum atomic E-state index is -0.878. The smallest absolute Gasteiger partial charge is 0.323 e. The van der Waals surface area contributed by atoms with Gasteiger partial charge in [-0.15, -0.1) is 0 Å². The molecule has 0 saturated carbocycles. The topological polar surface area (TPSA) is 108 Å². The lowest BCUT2D eigenvalue weighted by atomic mass is 10.1. The van der Waals surface area contributed by atoms with Crippen LogP contribution >= 0.6 is 11.8 Å². The number of hydrogen-bond acceptors (Lipinski definition) is 7. The van der Waals surface area contributed by atoms with Gasteiger partial charge in [-0.1, -0.05) is 23.9 Å². The molecule has 1 fully saturated rings. The number of rotatable bonds is 8. The van der Waals surface area contributed by atoms with E-state index >= 15 is 0 Å². The van der Waals surface area contributed by atoms with Crippen LogP contribution in [0.15, 0.2) is 36.4 Å². The number of esters is 1. The highest BCUT2D eigenvalue weighted by Crippen LogP contribution is 2.30. The zero-order valence-electron chi connectivity index (χ0n) is 16.5. The molecule has 2 aromatic rings. The maximum Gasteiger partial charge on any atom is 0.323 e. The third-order valence-corrected chi connectivity index (χ3v) is 5.46. The van der Waals surface area contributed by atoms with Crippen molar-refractivity contribution in [3.8, 4) is 11.5 Å². The lowest BCUT2D eigenvalue weighted by Crippen LogP contribution is -2.34. The van der Waals surface area contributed by atoms with E-state index in [2.05, 4.69) is 5.32 Å². The molecule has 0 spiro atoms. The Labute approximate surface area is 181 Å². The largest absolute Gasteiger partial charge is 0.465 e. The van der Waals surface area contributed by atoms with Gasteiger partial charge >= 0.3 is 5.97 Å². The maximum absolute atomic E-state index is 14.4. The average Bonchev–Trinajstić information content (AvgIpc) is 3.03. The molecule has 2 atom stereocenters. The molecule has 1 aliphatic heterocycles. The normalized spacial score (nSPS) is 16.7. The van der Waals surface area contributed by atoms with Crippen LogP contribution in [0.5, 0.6) is 11.5 Å². The summed E-state index contributed by atoms with van der Waals surface area (Å²) in [5.41, 5.74) is 6.26. The summed E-state index contributed by atoms with van der Waals surface area (Å²) >= 11 is 0.700. The Morgan fingerprint density at radius 2 is 1.81 bits per heavy atom. The lowest BCUT2D eigenvalue weighted by molar-refractivity contribution is -0.144. The first-order valence-electron chi connectivity index (χ1n) is 9.45. The SMILES string of the molecule is CCOC(=O)C(N)Cc1ccc(Oc2cc(F)c(CC3SC(=O)NC3=O)c(F)c2)cc1. The van der Waals surface area contributed by atoms with Crippen LogP contribution in [-0.4, -0.2) is 35.0 Å². The molecule has 31 heavy (non-hydrogen) atoms. The van der Waals surface area contributed by atoms with Gasteiger partial charge in [-0.25, -0.2) is 8.78 Å². The van der Waals surface area contributed by atoms with Crippen LogP contribution in [0.2, 0.25) is 0 Å². The fraction of sp³-hybridized carbons (Fsp3) is 0.286. The number of imide groups is 1. The number of halogens is 2. The lowest BCUT2D eigenvalue weighted by Gasteiger charge is -2.12. The molecule has 164 valence electrons. The number of hydrogen-bond donors (Lipinski definition) is 2. The standard InChI is InChI=1S/C21H20F2N2O5S/c1-2-29-20(27)17(24)7-11-3-5-12(6-4-11)30-13-8-15(22)14(16(23)9-13)10-18-19(26)25-21(28)31-18/h3-6,8-9,17-18H,2,7,10,24H2,1H3,(H,25,26,28). The zero-order valence-corrected chi connectivity index (χ0v) is 17.3. The molecule has 3 N–H and O–H groups in total. The third-order valence-electron chi connectivity index (χ3n) is 4.48. The van der Waals surface area contributed by atoms with E-state index in [1.54, 1.807) is 31.2 Å². The molecule has 0 bridgehead atoms. The van der Waals surface area contributed by atoms with Crippen LogP contribution in [-0.2, 0) is 27.2 Å². The van der Waals surface area contributed by atoms with E-state index < -0.39 is 40.0 Å². The highest BCUT2D eigenvalue weighted by Gasteiger charge is 2.33. The molecular formula is C21H20F2N2O5S. The second-order valence-electron chi connectivity index (χ2n) is 6.76. The average molecular weight is 450 g/mol. The van der Waals surface area contributed by atoms with E-state index in [0.29, 0.717) is 17.5 Å². The highest BCUT2D eigenvalue weighted by molar-refractivity contribution is 8.15. The van der Waals surface area contributed by atoms with E-state index in [9.17, 15) is 23.2 Å². The first-order chi connectivity index (χ1) is 14.8. The molecule has 1 heterocycles. The summed E-state index contributed by atoms with van der Waals surface area (Å²) in [4.78, 5) is 34.5. The van der Waals surface area contributed by atoms with Crippen molar-refractivity contribution < 1.29 is 32.6 Å². The van der Waals surface area contributed by atoms with Crippen LogP contribution in [0.3, 0.4) is 0 Å². The van der Waals surface area contributed by atoms with Crippen molar-refractivity contribution >= 4 is 28.9 Å². The Bertz CT molecular complexity index is 977. The summed E-state index contributed by atoms with van der Waals surface area (Å²) < 4.78 is 39.2. The zero-order chi connectivity index (χ0) is 22.5.